The summed E-state index contributed by atoms with van der Waals surface area (Å²) < 4.78 is 0. The Morgan fingerprint density at radius 2 is 2.15 bits per heavy atom. The van der Waals surface area contributed by atoms with E-state index >= 15 is 0 Å². The molecule has 1 N–H and O–H groups in total. The van der Waals surface area contributed by atoms with Gasteiger partial charge in [-0.1, -0.05) is 11.6 Å². The van der Waals surface area contributed by atoms with Crippen LogP contribution in [0, 0.1) is 12.8 Å². The van der Waals surface area contributed by atoms with Crippen molar-refractivity contribution in [3.05, 3.63) is 40.5 Å². The highest BCUT2D eigenvalue weighted by Crippen LogP contribution is 2.28. The molecular formula is C21H28ClN3O2. The minimum absolute atomic E-state index is 0.0407. The summed E-state index contributed by atoms with van der Waals surface area (Å²) in [6, 6.07) is 7.79. The van der Waals surface area contributed by atoms with Gasteiger partial charge in [0.25, 0.3) is 5.91 Å². The topological polar surface area (TPSA) is 56.7 Å². The number of carbonyl (C=O) groups excluding carboxylic acids is 1. The number of hydrogen-bond acceptors (Lipinski definition) is 4. The van der Waals surface area contributed by atoms with Gasteiger partial charge >= 0.3 is 0 Å². The van der Waals surface area contributed by atoms with Crippen LogP contribution in [0.4, 0.5) is 0 Å². The predicted molar refractivity (Wildman–Crippen MR) is 109 cm³/mol. The number of amides is 1. The molecule has 146 valence electrons. The molecule has 2 atom stereocenters. The van der Waals surface area contributed by atoms with Gasteiger partial charge in [0.2, 0.25) is 0 Å². The highest BCUT2D eigenvalue weighted by atomic mass is 35.5. The van der Waals surface area contributed by atoms with Gasteiger partial charge in [0.15, 0.2) is 0 Å². The third-order valence-corrected chi connectivity index (χ3v) is 5.74. The first-order valence-electron chi connectivity index (χ1n) is 9.54. The van der Waals surface area contributed by atoms with E-state index in [-0.39, 0.29) is 12.5 Å². The Hall–Kier alpha value is -1.69. The second-order valence-corrected chi connectivity index (χ2v) is 8.11. The number of rotatable bonds is 5. The molecule has 2 heterocycles. The van der Waals surface area contributed by atoms with Crippen LogP contribution in [0.25, 0.3) is 10.9 Å². The molecule has 0 bridgehead atoms. The average molecular weight is 390 g/mol. The Bertz CT molecular complexity index is 824. The Kier molecular flexibility index (Phi) is 6.35. The lowest BCUT2D eigenvalue weighted by atomic mass is 9.87. The fourth-order valence-electron chi connectivity index (χ4n) is 4.20. The molecule has 1 aromatic heterocycles. The summed E-state index contributed by atoms with van der Waals surface area (Å²) in [5.41, 5.74) is 2.29. The molecule has 1 saturated heterocycles. The minimum atomic E-state index is 0.0407. The van der Waals surface area contributed by atoms with Crippen LogP contribution in [0.5, 0.6) is 0 Å². The number of carbonyl (C=O) groups is 1. The summed E-state index contributed by atoms with van der Waals surface area (Å²) in [5.74, 6) is 0.404. The summed E-state index contributed by atoms with van der Waals surface area (Å²) in [7, 11) is 4.19. The SMILES string of the molecule is Cc1cc(C(=O)N2CC[C@@H](N(C)C)[C@@H](CCCO)C2)c2cc(Cl)ccc2n1. The van der Waals surface area contributed by atoms with Crippen LogP contribution < -0.4 is 0 Å². The number of likely N-dealkylation sites (tertiary alicyclic amines) is 1. The number of benzene rings is 1. The lowest BCUT2D eigenvalue weighted by Crippen LogP contribution is -2.50. The average Bonchev–Trinajstić information content (AvgIpc) is 2.65. The van der Waals surface area contributed by atoms with Gasteiger partial charge in [-0.3, -0.25) is 9.78 Å². The van der Waals surface area contributed by atoms with Gasteiger partial charge in [0.1, 0.15) is 0 Å². The number of halogens is 1. The van der Waals surface area contributed by atoms with Crippen LogP contribution in [0.1, 0.15) is 35.3 Å². The molecule has 0 spiro atoms. The third-order valence-electron chi connectivity index (χ3n) is 5.51. The third kappa shape index (κ3) is 4.42. The van der Waals surface area contributed by atoms with Gasteiger partial charge in [-0.2, -0.15) is 0 Å². The van der Waals surface area contributed by atoms with Gasteiger partial charge in [-0.25, -0.2) is 0 Å². The van der Waals surface area contributed by atoms with Crippen molar-refractivity contribution in [1.82, 2.24) is 14.8 Å². The highest BCUT2D eigenvalue weighted by molar-refractivity contribution is 6.31. The number of aliphatic hydroxyl groups is 1. The summed E-state index contributed by atoms with van der Waals surface area (Å²) in [6.45, 7) is 3.55. The van der Waals surface area contributed by atoms with E-state index in [0.717, 1.165) is 42.4 Å². The highest BCUT2D eigenvalue weighted by Gasteiger charge is 2.33. The van der Waals surface area contributed by atoms with Gasteiger partial charge < -0.3 is 14.9 Å². The van der Waals surface area contributed by atoms with Crippen molar-refractivity contribution in [1.29, 1.82) is 0 Å². The summed E-state index contributed by atoms with van der Waals surface area (Å²) in [6.07, 6.45) is 2.63. The van der Waals surface area contributed by atoms with Crippen LogP contribution in [0.2, 0.25) is 5.02 Å². The van der Waals surface area contributed by atoms with Crippen LogP contribution in [0.3, 0.4) is 0 Å². The molecule has 1 fully saturated rings. The van der Waals surface area contributed by atoms with E-state index in [0.29, 0.717) is 29.1 Å². The molecule has 3 rings (SSSR count). The zero-order valence-corrected chi connectivity index (χ0v) is 17.0. The van der Waals surface area contributed by atoms with E-state index < -0.39 is 0 Å². The number of nitrogens with zero attached hydrogens (tertiary/aromatic N) is 3. The number of piperidine rings is 1. The van der Waals surface area contributed by atoms with E-state index in [1.165, 1.54) is 0 Å². The molecule has 6 heteroatoms. The van der Waals surface area contributed by atoms with E-state index in [1.54, 1.807) is 6.07 Å². The van der Waals surface area contributed by atoms with Crippen molar-refractivity contribution < 1.29 is 9.90 Å². The lowest BCUT2D eigenvalue weighted by Gasteiger charge is -2.41. The maximum absolute atomic E-state index is 13.4. The van der Waals surface area contributed by atoms with Crippen molar-refractivity contribution >= 4 is 28.4 Å². The largest absolute Gasteiger partial charge is 0.396 e. The summed E-state index contributed by atoms with van der Waals surface area (Å²) >= 11 is 6.17. The molecule has 0 aliphatic carbocycles. The van der Waals surface area contributed by atoms with Gasteiger partial charge in [0, 0.05) is 41.8 Å². The number of hydrogen-bond donors (Lipinski definition) is 1. The Morgan fingerprint density at radius 1 is 1.37 bits per heavy atom. The molecule has 1 aliphatic heterocycles. The van der Waals surface area contributed by atoms with Gasteiger partial charge in [0.05, 0.1) is 11.1 Å². The summed E-state index contributed by atoms with van der Waals surface area (Å²) in [4.78, 5) is 22.1. The predicted octanol–water partition coefficient (Wildman–Crippen LogP) is 3.36. The first-order chi connectivity index (χ1) is 12.9. The molecular weight excluding hydrogens is 362 g/mol. The Labute approximate surface area is 165 Å². The molecule has 0 saturated carbocycles. The number of fused-ring (bicyclic) bond motifs is 1. The number of aryl methyl sites for hydroxylation is 1. The van der Waals surface area contributed by atoms with Gasteiger partial charge in [-0.15, -0.1) is 0 Å². The fraction of sp³-hybridized carbons (Fsp3) is 0.524. The fourth-order valence-corrected chi connectivity index (χ4v) is 4.37. The molecule has 0 radical (unpaired) electrons. The van der Waals surface area contributed by atoms with Crippen molar-refractivity contribution in [2.24, 2.45) is 5.92 Å². The van der Waals surface area contributed by atoms with Crippen molar-refractivity contribution in [3.8, 4) is 0 Å². The normalized spacial score (nSPS) is 20.4. The number of aliphatic hydroxyl groups excluding tert-OH is 1. The second kappa shape index (κ2) is 8.55. The number of aromatic nitrogens is 1. The maximum Gasteiger partial charge on any atom is 0.254 e. The smallest absolute Gasteiger partial charge is 0.254 e. The molecule has 1 amide bonds. The van der Waals surface area contributed by atoms with Gasteiger partial charge in [-0.05, 0) is 70.5 Å². The zero-order valence-electron chi connectivity index (χ0n) is 16.3. The second-order valence-electron chi connectivity index (χ2n) is 7.67. The minimum Gasteiger partial charge on any atom is -0.396 e. The maximum atomic E-state index is 13.4. The van der Waals surface area contributed by atoms with Crippen molar-refractivity contribution in [3.63, 3.8) is 0 Å². The number of pyridine rings is 1. The van der Waals surface area contributed by atoms with Crippen LogP contribution in [0.15, 0.2) is 24.3 Å². The first-order valence-corrected chi connectivity index (χ1v) is 9.92. The van der Waals surface area contributed by atoms with Crippen molar-refractivity contribution in [2.45, 2.75) is 32.2 Å². The lowest BCUT2D eigenvalue weighted by molar-refractivity contribution is 0.0497. The van der Waals surface area contributed by atoms with Crippen molar-refractivity contribution in [2.75, 3.05) is 33.8 Å². The Balaban J connectivity index is 1.89. The van der Waals surface area contributed by atoms with E-state index in [1.807, 2.05) is 30.0 Å². The quantitative estimate of drug-likeness (QED) is 0.851. The van der Waals surface area contributed by atoms with E-state index in [9.17, 15) is 9.90 Å². The van der Waals surface area contributed by atoms with Crippen LogP contribution >= 0.6 is 11.6 Å². The monoisotopic (exact) mass is 389 g/mol. The molecule has 1 aliphatic rings. The molecule has 2 aromatic rings. The van der Waals surface area contributed by atoms with Crippen LogP contribution in [-0.2, 0) is 0 Å². The van der Waals surface area contributed by atoms with Crippen LogP contribution in [-0.4, -0.2) is 65.6 Å². The first kappa shape index (κ1) is 20.1. The standard InChI is InChI=1S/C21H28ClN3O2/c1-14-11-18(17-12-16(22)6-7-19(17)23-14)21(27)25-9-8-20(24(2)3)15(13-25)5-4-10-26/h6-7,11-12,15,20,26H,4-5,8-10,13H2,1-3H3/t15-,20+/m0/s1. The van der Waals surface area contributed by atoms with E-state index in [4.69, 9.17) is 11.6 Å². The molecule has 27 heavy (non-hydrogen) atoms. The molecule has 0 unspecified atom stereocenters. The van der Waals surface area contributed by atoms with E-state index in [2.05, 4.69) is 24.0 Å². The Morgan fingerprint density at radius 3 is 2.85 bits per heavy atom. The zero-order chi connectivity index (χ0) is 19.6. The molecule has 1 aromatic carbocycles. The summed E-state index contributed by atoms with van der Waals surface area (Å²) in [5, 5.41) is 10.6. The molecule has 5 nitrogen and oxygen atoms in total.